The summed E-state index contributed by atoms with van der Waals surface area (Å²) in [7, 11) is 0. The SMILES string of the molecule is C/C=C\C=C(/CCC)C1=C2CCC=CC2=C(C2=c3ccccc3=C(/C(C)=C/C=C(\CNC3C=CCC4CCCCC43)[C@H]3C=C(C4=CC=CCC4)C=C(C4C=CC=CC4)C3)CC2)CC1. The molecule has 1 fully saturated rings. The van der Waals surface area contributed by atoms with Crippen molar-refractivity contribution in [3.05, 3.63) is 200 Å². The van der Waals surface area contributed by atoms with Crippen molar-refractivity contribution in [2.75, 3.05) is 6.54 Å². The Bertz CT molecular complexity index is 2480. The standard InChI is InChI=1S/C62H73N/c1-4-6-21-47(20-5-2)54-37-39-61(59-32-18-16-30-57(54)59)60-38-36-53(56-29-15-17-31-58(56)60)44(3)34-35-49(43-63-62-33-19-27-48-26-13-14-28-55(48)62)52-41-50(45-22-9-7-10-23-45)40-51(42-52)46-24-11-8-12-25-46/h4,6-11,15,17-19,21-22,24,29,31-35,40,42,45,48,52,55,62-63H,5,12-14,16,20,23,25-28,30,36-39,41,43H2,1-3H3/b6-4-,44-34+,47-21+,49-35+/t45?,48?,52-,55?,62?/m1/s1. The highest BCUT2D eigenvalue weighted by Gasteiger charge is 2.33. The highest BCUT2D eigenvalue weighted by atomic mass is 14.9. The predicted molar refractivity (Wildman–Crippen MR) is 271 cm³/mol. The van der Waals surface area contributed by atoms with Crippen molar-refractivity contribution < 1.29 is 0 Å². The zero-order valence-electron chi connectivity index (χ0n) is 38.8. The fourth-order valence-corrected chi connectivity index (χ4v) is 12.4. The minimum Gasteiger partial charge on any atom is -0.306 e. The van der Waals surface area contributed by atoms with Gasteiger partial charge < -0.3 is 5.32 Å². The fourth-order valence-electron chi connectivity index (χ4n) is 12.4. The second kappa shape index (κ2) is 20.9. The molecule has 1 aromatic carbocycles. The van der Waals surface area contributed by atoms with Gasteiger partial charge in [-0.3, -0.25) is 0 Å². The van der Waals surface area contributed by atoms with Crippen LogP contribution in [0.1, 0.15) is 130 Å². The molecule has 0 aliphatic heterocycles. The molecule has 4 unspecified atom stereocenters. The first-order valence-electron chi connectivity index (χ1n) is 25.2. The van der Waals surface area contributed by atoms with Gasteiger partial charge in [-0.05, 0) is 187 Å². The minimum atomic E-state index is 0.363. The number of nitrogens with one attached hydrogen (secondary N) is 1. The first-order valence-corrected chi connectivity index (χ1v) is 25.2. The van der Waals surface area contributed by atoms with Crippen molar-refractivity contribution in [3.8, 4) is 0 Å². The first kappa shape index (κ1) is 43.5. The summed E-state index contributed by atoms with van der Waals surface area (Å²) in [4.78, 5) is 0. The maximum absolute atomic E-state index is 4.20. The Morgan fingerprint density at radius 3 is 2.48 bits per heavy atom. The first-order chi connectivity index (χ1) is 31.1. The van der Waals surface area contributed by atoms with Gasteiger partial charge in [-0.2, -0.15) is 0 Å². The number of allylic oxidation sites excluding steroid dienone is 26. The summed E-state index contributed by atoms with van der Waals surface area (Å²) in [6.07, 6.45) is 63.7. The van der Waals surface area contributed by atoms with Crippen molar-refractivity contribution >= 4 is 11.1 Å². The normalized spacial score (nSPS) is 27.7. The van der Waals surface area contributed by atoms with Gasteiger partial charge in [0, 0.05) is 24.4 Å². The van der Waals surface area contributed by atoms with Crippen LogP contribution in [0.15, 0.2) is 189 Å². The monoisotopic (exact) mass is 832 g/mol. The molecule has 0 amide bonds. The lowest BCUT2D eigenvalue weighted by Gasteiger charge is -2.39. The lowest BCUT2D eigenvalue weighted by Crippen LogP contribution is -2.42. The molecule has 1 aromatic rings. The summed E-state index contributed by atoms with van der Waals surface area (Å²) >= 11 is 0. The molecule has 5 atom stereocenters. The Hall–Kier alpha value is -4.72. The summed E-state index contributed by atoms with van der Waals surface area (Å²) < 4.78 is 0. The van der Waals surface area contributed by atoms with E-state index in [1.807, 2.05) is 0 Å². The molecule has 63 heavy (non-hydrogen) atoms. The third kappa shape index (κ3) is 9.85. The van der Waals surface area contributed by atoms with E-state index >= 15 is 0 Å². The molecule has 0 heterocycles. The highest BCUT2D eigenvalue weighted by Crippen LogP contribution is 2.45. The number of benzene rings is 1. The van der Waals surface area contributed by atoms with Crippen molar-refractivity contribution in [3.63, 3.8) is 0 Å². The molecule has 9 rings (SSSR count). The van der Waals surface area contributed by atoms with Crippen LogP contribution in [0.4, 0.5) is 0 Å². The molecule has 0 radical (unpaired) electrons. The Kier molecular flexibility index (Phi) is 14.4. The van der Waals surface area contributed by atoms with Crippen LogP contribution in [-0.2, 0) is 0 Å². The third-order valence-corrected chi connectivity index (χ3v) is 15.7. The maximum atomic E-state index is 4.20. The second-order valence-electron chi connectivity index (χ2n) is 19.6. The average molecular weight is 832 g/mol. The molecule has 0 saturated heterocycles. The summed E-state index contributed by atoms with van der Waals surface area (Å²) in [5, 5.41) is 7.11. The van der Waals surface area contributed by atoms with E-state index < -0.39 is 0 Å². The topological polar surface area (TPSA) is 12.0 Å². The molecule has 8 aliphatic carbocycles. The quantitative estimate of drug-likeness (QED) is 0.154. The van der Waals surface area contributed by atoms with Crippen molar-refractivity contribution in [1.82, 2.24) is 5.32 Å². The van der Waals surface area contributed by atoms with E-state index in [-0.39, 0.29) is 0 Å². The van der Waals surface area contributed by atoms with Crippen LogP contribution in [0.3, 0.4) is 0 Å². The molecule has 1 heteroatoms. The molecular weight excluding hydrogens is 759 g/mol. The second-order valence-corrected chi connectivity index (χ2v) is 19.6. The molecule has 1 nitrogen and oxygen atoms in total. The average Bonchev–Trinajstić information content (AvgIpc) is 3.35. The van der Waals surface area contributed by atoms with Crippen LogP contribution in [0.25, 0.3) is 11.1 Å². The zero-order valence-corrected chi connectivity index (χ0v) is 38.8. The van der Waals surface area contributed by atoms with Gasteiger partial charge in [-0.15, -0.1) is 0 Å². The van der Waals surface area contributed by atoms with Gasteiger partial charge in [-0.1, -0.05) is 165 Å². The molecule has 8 aliphatic rings. The largest absolute Gasteiger partial charge is 0.306 e. The lowest BCUT2D eigenvalue weighted by molar-refractivity contribution is 0.193. The van der Waals surface area contributed by atoms with Crippen LogP contribution in [0, 0.1) is 23.7 Å². The van der Waals surface area contributed by atoms with Crippen molar-refractivity contribution in [2.24, 2.45) is 23.7 Å². The van der Waals surface area contributed by atoms with E-state index in [4.69, 9.17) is 0 Å². The molecule has 326 valence electrons. The van der Waals surface area contributed by atoms with Gasteiger partial charge in [-0.25, -0.2) is 0 Å². The fraction of sp³-hybridized carbons (Fsp3) is 0.419. The van der Waals surface area contributed by atoms with Crippen LogP contribution >= 0.6 is 0 Å². The van der Waals surface area contributed by atoms with E-state index in [0.29, 0.717) is 17.9 Å². The van der Waals surface area contributed by atoms with E-state index in [0.717, 1.165) is 89.0 Å². The van der Waals surface area contributed by atoms with Crippen LogP contribution < -0.4 is 15.8 Å². The number of hydrogen-bond donors (Lipinski definition) is 1. The van der Waals surface area contributed by atoms with Gasteiger partial charge in [0.1, 0.15) is 0 Å². The molecular formula is C62H73N. The van der Waals surface area contributed by atoms with Gasteiger partial charge in [0.05, 0.1) is 0 Å². The van der Waals surface area contributed by atoms with Crippen LogP contribution in [0.2, 0.25) is 0 Å². The van der Waals surface area contributed by atoms with Gasteiger partial charge in [0.2, 0.25) is 0 Å². The summed E-state index contributed by atoms with van der Waals surface area (Å²) in [6.45, 7) is 7.79. The van der Waals surface area contributed by atoms with E-state index in [1.54, 1.807) is 33.4 Å². The number of rotatable bonds is 13. The predicted octanol–water partition coefficient (Wildman–Crippen LogP) is 14.7. The molecule has 0 spiro atoms. The van der Waals surface area contributed by atoms with Gasteiger partial charge in [0.25, 0.3) is 0 Å². The molecule has 1 saturated carbocycles. The van der Waals surface area contributed by atoms with E-state index in [1.165, 1.54) is 82.4 Å². The van der Waals surface area contributed by atoms with Crippen molar-refractivity contribution in [1.29, 1.82) is 0 Å². The van der Waals surface area contributed by atoms with E-state index in [9.17, 15) is 0 Å². The smallest absolute Gasteiger partial charge is 0.0284 e. The number of hydrogen-bond acceptors (Lipinski definition) is 1. The zero-order chi connectivity index (χ0) is 43.0. The highest BCUT2D eigenvalue weighted by molar-refractivity contribution is 5.78. The summed E-state index contributed by atoms with van der Waals surface area (Å²) in [6, 6.07) is 9.86. The molecule has 0 aromatic heterocycles. The van der Waals surface area contributed by atoms with Crippen molar-refractivity contribution in [2.45, 2.75) is 136 Å². The van der Waals surface area contributed by atoms with E-state index in [2.05, 4.69) is 160 Å². The maximum Gasteiger partial charge on any atom is 0.0284 e. The van der Waals surface area contributed by atoms with Gasteiger partial charge in [0.15, 0.2) is 0 Å². The molecule has 0 bridgehead atoms. The van der Waals surface area contributed by atoms with Crippen LogP contribution in [0.5, 0.6) is 0 Å². The van der Waals surface area contributed by atoms with Crippen LogP contribution in [-0.4, -0.2) is 12.6 Å². The Morgan fingerprint density at radius 2 is 1.63 bits per heavy atom. The molecule has 1 N–H and O–H groups in total. The summed E-state index contributed by atoms with van der Waals surface area (Å²) in [5.74, 6) is 2.45. The minimum absolute atomic E-state index is 0.363. The third-order valence-electron chi connectivity index (χ3n) is 15.7. The lowest BCUT2D eigenvalue weighted by atomic mass is 9.71. The summed E-state index contributed by atoms with van der Waals surface area (Å²) in [5.41, 5.74) is 18.6. The Morgan fingerprint density at radius 1 is 0.778 bits per heavy atom. The number of fused-ring (bicyclic) bond motifs is 3. The van der Waals surface area contributed by atoms with Gasteiger partial charge >= 0.3 is 0 Å². The Balaban J connectivity index is 1.10. The Labute approximate surface area is 380 Å².